The van der Waals surface area contributed by atoms with Crippen LogP contribution in [0.5, 0.6) is 5.75 Å². The Morgan fingerprint density at radius 3 is 2.11 bits per heavy atom. The van der Waals surface area contributed by atoms with Crippen LogP contribution >= 0.6 is 0 Å². The molecule has 300 valence electrons. The Kier molecular flexibility index (Phi) is 12.1. The summed E-state index contributed by atoms with van der Waals surface area (Å²) >= 11 is 0. The number of ether oxygens (including phenoxy) is 8. The van der Waals surface area contributed by atoms with Gasteiger partial charge >= 0.3 is 17.9 Å². The largest absolute Gasteiger partial charge is 0.471 e. The zero-order valence-electron chi connectivity index (χ0n) is 29.3. The van der Waals surface area contributed by atoms with Crippen molar-refractivity contribution in [3.05, 3.63) is 71.5 Å². The Morgan fingerprint density at radius 1 is 0.873 bits per heavy atom. The Labute approximate surface area is 312 Å². The number of hydrogen-bond acceptors (Lipinski definition) is 19. The molecule has 15 atom stereocenters. The molecule has 1 spiro atoms. The van der Waals surface area contributed by atoms with E-state index in [9.17, 15) is 55.2 Å². The maximum Gasteiger partial charge on any atom is 0.338 e. The average molecular weight is 779 g/mol. The number of aliphatic hydroxyl groups excluding tert-OH is 8. The Bertz CT molecular complexity index is 1700. The van der Waals surface area contributed by atoms with E-state index >= 15 is 0 Å². The van der Waals surface area contributed by atoms with Crippen LogP contribution in [0.2, 0.25) is 0 Å². The summed E-state index contributed by atoms with van der Waals surface area (Å²) < 4.78 is 44.3. The summed E-state index contributed by atoms with van der Waals surface area (Å²) in [5.41, 5.74) is -1.12. The first-order valence-corrected chi connectivity index (χ1v) is 17.2. The number of esters is 3. The van der Waals surface area contributed by atoms with Gasteiger partial charge in [0.05, 0.1) is 43.6 Å². The number of fused-ring (bicyclic) bond motifs is 2. The molecule has 4 heterocycles. The van der Waals surface area contributed by atoms with E-state index in [1.54, 1.807) is 18.2 Å². The average Bonchev–Trinajstić information content (AvgIpc) is 3.73. The van der Waals surface area contributed by atoms with Crippen molar-refractivity contribution in [1.82, 2.24) is 0 Å². The molecule has 5 aliphatic rings. The molecular formula is C36H42O19. The SMILES string of the molecule is COC(=O)C1=CO[C@@H](O[C@@H]2O[C@H](CO)[C@@H](O)[C@H](O)[C@H]2O)[C@H]2[C@@H]1C=CC21C=C([C@H](C)OC(=O)/C=C/c2ccc(O[C@@H]3O[C@H](CO)[C@@H](O)[C@H](O)[C@H]3O)cc2)C(=O)O1. The zero-order valence-corrected chi connectivity index (χ0v) is 29.3. The van der Waals surface area contributed by atoms with E-state index in [-0.39, 0.29) is 16.9 Å². The summed E-state index contributed by atoms with van der Waals surface area (Å²) in [5.74, 6) is -4.10. The standard InChI is InChI=1S/C36H42O19/c1-15(50-23(39)8-5-16-3-6-17(7-4-16)51-34-29(44)27(42)25(40)21(12-37)52-34)19-11-36(55-32(19)47)10-9-18-20(31(46)48-2)14-49-33(24(18)36)54-35-30(45)28(43)26(41)22(13-38)53-35/h3-11,14-15,18,21-22,24-30,33-35,37-38,40-45H,12-13H2,1-2H3/b8-5+/t15-,18+,21+,22+,24+,25+,26+,27-,28-,29+,30+,33-,34+,35-,36?/m0/s1. The van der Waals surface area contributed by atoms with Crippen LogP contribution in [0, 0.1) is 11.8 Å². The number of rotatable bonds is 11. The van der Waals surface area contributed by atoms with Crippen LogP contribution in [0.25, 0.3) is 6.08 Å². The molecule has 2 saturated heterocycles. The van der Waals surface area contributed by atoms with Gasteiger partial charge < -0.3 is 78.7 Å². The molecule has 8 N–H and O–H groups in total. The number of hydrogen-bond donors (Lipinski definition) is 8. The molecule has 0 bridgehead atoms. The highest BCUT2D eigenvalue weighted by atomic mass is 16.8. The number of aliphatic hydroxyl groups is 8. The van der Waals surface area contributed by atoms with Crippen LogP contribution in [-0.4, -0.2) is 158 Å². The van der Waals surface area contributed by atoms with E-state index in [1.165, 1.54) is 44.4 Å². The molecule has 4 aliphatic heterocycles. The van der Waals surface area contributed by atoms with Crippen molar-refractivity contribution in [2.75, 3.05) is 20.3 Å². The van der Waals surface area contributed by atoms with Gasteiger partial charge in [-0.2, -0.15) is 0 Å². The van der Waals surface area contributed by atoms with Crippen molar-refractivity contribution < 1.29 is 93.1 Å². The van der Waals surface area contributed by atoms with Crippen molar-refractivity contribution in [3.8, 4) is 5.75 Å². The van der Waals surface area contributed by atoms with Gasteiger partial charge in [0.15, 0.2) is 11.9 Å². The molecule has 0 aromatic heterocycles. The molecule has 19 nitrogen and oxygen atoms in total. The summed E-state index contributed by atoms with van der Waals surface area (Å²) in [6.45, 7) is 0.110. The highest BCUT2D eigenvalue weighted by molar-refractivity contribution is 5.95. The second kappa shape index (κ2) is 16.5. The Hall–Kier alpha value is -4.25. The van der Waals surface area contributed by atoms with Gasteiger partial charge in [-0.1, -0.05) is 18.2 Å². The number of methoxy groups -OCH3 is 1. The van der Waals surface area contributed by atoms with Gasteiger partial charge in [0, 0.05) is 12.0 Å². The maximum atomic E-state index is 13.3. The number of carbonyl (C=O) groups is 3. The van der Waals surface area contributed by atoms with Gasteiger partial charge in [-0.15, -0.1) is 0 Å². The van der Waals surface area contributed by atoms with Crippen LogP contribution in [0.1, 0.15) is 12.5 Å². The lowest BCUT2D eigenvalue weighted by Crippen LogP contribution is -2.60. The number of allylic oxidation sites excluding steroid dienone is 1. The molecule has 1 unspecified atom stereocenters. The molecule has 19 heteroatoms. The van der Waals surface area contributed by atoms with Crippen LogP contribution in [0.15, 0.2) is 66.0 Å². The zero-order chi connectivity index (χ0) is 39.8. The predicted octanol–water partition coefficient (Wildman–Crippen LogP) is -2.94. The van der Waals surface area contributed by atoms with Crippen molar-refractivity contribution >= 4 is 24.0 Å². The number of benzene rings is 1. The molecule has 6 rings (SSSR count). The van der Waals surface area contributed by atoms with E-state index in [0.29, 0.717) is 5.56 Å². The third kappa shape index (κ3) is 7.91. The van der Waals surface area contributed by atoms with Gasteiger partial charge in [0.1, 0.15) is 60.7 Å². The van der Waals surface area contributed by atoms with Crippen LogP contribution in [-0.2, 0) is 47.5 Å². The third-order valence-corrected chi connectivity index (χ3v) is 10.0. The first-order chi connectivity index (χ1) is 26.2. The molecule has 0 radical (unpaired) electrons. The summed E-state index contributed by atoms with van der Waals surface area (Å²) in [6.07, 6.45) is -9.86. The number of carbonyl (C=O) groups excluding carboxylic acids is 3. The second-order valence-corrected chi connectivity index (χ2v) is 13.5. The van der Waals surface area contributed by atoms with E-state index in [0.717, 1.165) is 12.3 Å². The lowest BCUT2D eigenvalue weighted by Gasteiger charge is -2.44. The highest BCUT2D eigenvalue weighted by Crippen LogP contribution is 2.51. The van der Waals surface area contributed by atoms with E-state index in [4.69, 9.17) is 37.9 Å². The molecule has 2 fully saturated rings. The van der Waals surface area contributed by atoms with Crippen LogP contribution in [0.4, 0.5) is 0 Å². The van der Waals surface area contributed by atoms with Crippen LogP contribution < -0.4 is 4.74 Å². The molecule has 1 aromatic rings. The highest BCUT2D eigenvalue weighted by Gasteiger charge is 2.60. The molecule has 55 heavy (non-hydrogen) atoms. The second-order valence-electron chi connectivity index (χ2n) is 13.5. The van der Waals surface area contributed by atoms with Gasteiger partial charge in [-0.3, -0.25) is 0 Å². The predicted molar refractivity (Wildman–Crippen MR) is 178 cm³/mol. The first kappa shape index (κ1) is 40.4. The topological polar surface area (TPSA) is 287 Å². The molecule has 1 aliphatic carbocycles. The van der Waals surface area contributed by atoms with Gasteiger partial charge in [-0.05, 0) is 42.8 Å². The lowest BCUT2D eigenvalue weighted by atomic mass is 9.78. The Morgan fingerprint density at radius 2 is 1.49 bits per heavy atom. The van der Waals surface area contributed by atoms with Crippen LogP contribution in [0.3, 0.4) is 0 Å². The fourth-order valence-corrected chi connectivity index (χ4v) is 6.96. The minimum absolute atomic E-state index is 0.0465. The van der Waals surface area contributed by atoms with E-state index in [1.807, 2.05) is 0 Å². The first-order valence-electron chi connectivity index (χ1n) is 17.2. The summed E-state index contributed by atoms with van der Waals surface area (Å²) in [5, 5.41) is 80.2. The van der Waals surface area contributed by atoms with Crippen molar-refractivity contribution in [3.63, 3.8) is 0 Å². The fourth-order valence-electron chi connectivity index (χ4n) is 6.96. The van der Waals surface area contributed by atoms with Gasteiger partial charge in [0.25, 0.3) is 0 Å². The minimum atomic E-state index is -1.79. The summed E-state index contributed by atoms with van der Waals surface area (Å²) in [7, 11) is 1.17. The fraction of sp³-hybridized carbons (Fsp3) is 0.528. The summed E-state index contributed by atoms with van der Waals surface area (Å²) in [4.78, 5) is 38.8. The minimum Gasteiger partial charge on any atom is -0.471 e. The molecule has 0 saturated carbocycles. The monoisotopic (exact) mass is 778 g/mol. The molecule has 0 amide bonds. The maximum absolute atomic E-state index is 13.3. The molecule has 1 aromatic carbocycles. The third-order valence-electron chi connectivity index (χ3n) is 10.0. The van der Waals surface area contributed by atoms with Crippen molar-refractivity contribution in [1.29, 1.82) is 0 Å². The Balaban J connectivity index is 1.13. The quantitative estimate of drug-likeness (QED) is 0.0483. The van der Waals surface area contributed by atoms with Crippen molar-refractivity contribution in [2.45, 2.75) is 86.3 Å². The normalized spacial score (nSPS) is 38.8. The van der Waals surface area contributed by atoms with Gasteiger partial charge in [-0.25, -0.2) is 14.4 Å². The molecular weight excluding hydrogens is 736 g/mol. The van der Waals surface area contributed by atoms with E-state index < -0.39 is 122 Å². The smallest absolute Gasteiger partial charge is 0.338 e. The summed E-state index contributed by atoms with van der Waals surface area (Å²) in [6, 6.07) is 6.09. The van der Waals surface area contributed by atoms with Gasteiger partial charge in [0.2, 0.25) is 12.6 Å². The lowest BCUT2D eigenvalue weighted by molar-refractivity contribution is -0.344. The van der Waals surface area contributed by atoms with E-state index in [2.05, 4.69) is 0 Å². The van der Waals surface area contributed by atoms with Crippen molar-refractivity contribution in [2.24, 2.45) is 11.8 Å².